The molecule has 0 rings (SSSR count). The van der Waals surface area contributed by atoms with Gasteiger partial charge in [0.15, 0.2) is 0 Å². The molecule has 0 fully saturated rings. The van der Waals surface area contributed by atoms with E-state index in [0.29, 0.717) is 5.92 Å². The van der Waals surface area contributed by atoms with E-state index in [1.807, 2.05) is 0 Å². The highest BCUT2D eigenvalue weighted by molar-refractivity contribution is 4.68. The number of rotatable bonds is 10. The summed E-state index contributed by atoms with van der Waals surface area (Å²) in [5.74, 6) is 2.99. The van der Waals surface area contributed by atoms with E-state index in [-0.39, 0.29) is 0 Å². The lowest BCUT2D eigenvalue weighted by Crippen LogP contribution is -2.22. The molecular weight excluding hydrogens is 210 g/mol. The van der Waals surface area contributed by atoms with Crippen molar-refractivity contribution in [3.05, 3.63) is 0 Å². The van der Waals surface area contributed by atoms with Gasteiger partial charge in [-0.2, -0.15) is 0 Å². The summed E-state index contributed by atoms with van der Waals surface area (Å²) < 4.78 is 5.20. The van der Waals surface area contributed by atoms with Crippen LogP contribution in [0.25, 0.3) is 0 Å². The number of nitrogens with two attached hydrogens (primary N) is 1. The predicted octanol–water partition coefficient (Wildman–Crippen LogP) is 3.70. The van der Waals surface area contributed by atoms with E-state index in [4.69, 9.17) is 10.5 Å². The van der Waals surface area contributed by atoms with E-state index >= 15 is 0 Å². The van der Waals surface area contributed by atoms with Crippen molar-refractivity contribution >= 4 is 0 Å². The van der Waals surface area contributed by atoms with Gasteiger partial charge in [0.2, 0.25) is 0 Å². The first-order valence-corrected chi connectivity index (χ1v) is 7.22. The first-order valence-electron chi connectivity index (χ1n) is 7.22. The highest BCUT2D eigenvalue weighted by Gasteiger charge is 2.15. The molecule has 4 atom stereocenters. The van der Waals surface area contributed by atoms with Crippen molar-refractivity contribution < 1.29 is 4.74 Å². The molecule has 0 aliphatic carbocycles. The quantitative estimate of drug-likeness (QED) is 0.635. The second-order valence-corrected chi connectivity index (χ2v) is 5.99. The first-order chi connectivity index (χ1) is 8.03. The second-order valence-electron chi connectivity index (χ2n) is 5.99. The molecule has 0 radical (unpaired) electrons. The molecule has 0 saturated heterocycles. The summed E-state index contributed by atoms with van der Waals surface area (Å²) in [7, 11) is 1.76. The lowest BCUT2D eigenvalue weighted by Gasteiger charge is -2.23. The molecule has 0 saturated carbocycles. The summed E-state index contributed by atoms with van der Waals surface area (Å²) in [5.41, 5.74) is 5.76. The van der Waals surface area contributed by atoms with E-state index in [9.17, 15) is 0 Å². The van der Waals surface area contributed by atoms with Crippen molar-refractivity contribution in [1.29, 1.82) is 0 Å². The third-order valence-electron chi connectivity index (χ3n) is 3.78. The molecule has 104 valence electrons. The zero-order valence-corrected chi connectivity index (χ0v) is 12.5. The fourth-order valence-electron chi connectivity index (χ4n) is 2.77. The van der Waals surface area contributed by atoms with Gasteiger partial charge in [0.1, 0.15) is 0 Å². The van der Waals surface area contributed by atoms with Crippen LogP contribution in [0.5, 0.6) is 0 Å². The summed E-state index contributed by atoms with van der Waals surface area (Å²) in [5, 5.41) is 0. The molecule has 2 N–H and O–H groups in total. The van der Waals surface area contributed by atoms with Gasteiger partial charge in [0.25, 0.3) is 0 Å². The number of methoxy groups -OCH3 is 1. The molecule has 0 aliphatic rings. The maximum Gasteiger partial charge on any atom is 0.0502 e. The monoisotopic (exact) mass is 243 g/mol. The molecule has 0 aliphatic heterocycles. The Labute approximate surface area is 108 Å². The van der Waals surface area contributed by atoms with Gasteiger partial charge >= 0.3 is 0 Å². The number of ether oxygens (including phenoxy) is 1. The van der Waals surface area contributed by atoms with E-state index in [0.717, 1.165) is 30.9 Å². The summed E-state index contributed by atoms with van der Waals surface area (Å²) in [4.78, 5) is 0. The highest BCUT2D eigenvalue weighted by atomic mass is 16.5. The molecular formula is C15H33NO. The van der Waals surface area contributed by atoms with Crippen molar-refractivity contribution in [2.45, 2.75) is 53.4 Å². The topological polar surface area (TPSA) is 35.2 Å². The molecule has 17 heavy (non-hydrogen) atoms. The maximum absolute atomic E-state index is 5.76. The van der Waals surface area contributed by atoms with Crippen LogP contribution in [0, 0.1) is 23.7 Å². The molecule has 1 unspecified atom stereocenters. The van der Waals surface area contributed by atoms with Crippen LogP contribution in [0.1, 0.15) is 53.4 Å². The van der Waals surface area contributed by atoms with Gasteiger partial charge in [-0.25, -0.2) is 0 Å². The highest BCUT2D eigenvalue weighted by Crippen LogP contribution is 2.25. The van der Waals surface area contributed by atoms with E-state index in [1.54, 1.807) is 7.11 Å². The zero-order chi connectivity index (χ0) is 13.3. The van der Waals surface area contributed by atoms with Crippen LogP contribution >= 0.6 is 0 Å². The standard InChI is InChI=1S/C15H33NO/c1-6-12(2)7-13(3)8-14(4)9-15(10-16)11-17-5/h12-15H,6-11,16H2,1-5H3/t12-,13+,14+,15?/m0/s1. The van der Waals surface area contributed by atoms with Crippen molar-refractivity contribution in [1.82, 2.24) is 0 Å². The number of hydrogen-bond acceptors (Lipinski definition) is 2. The second kappa shape index (κ2) is 9.90. The Balaban J connectivity index is 3.86. The maximum atomic E-state index is 5.76. The van der Waals surface area contributed by atoms with Gasteiger partial charge in [0.05, 0.1) is 6.61 Å². The third kappa shape index (κ3) is 8.62. The molecule has 0 aromatic rings. The Morgan fingerprint density at radius 2 is 1.47 bits per heavy atom. The molecule has 0 spiro atoms. The molecule has 0 heterocycles. The van der Waals surface area contributed by atoms with Crippen LogP contribution < -0.4 is 5.73 Å². The third-order valence-corrected chi connectivity index (χ3v) is 3.78. The lowest BCUT2D eigenvalue weighted by molar-refractivity contribution is 0.139. The van der Waals surface area contributed by atoms with Crippen LogP contribution in [0.15, 0.2) is 0 Å². The van der Waals surface area contributed by atoms with Crippen molar-refractivity contribution in [2.75, 3.05) is 20.3 Å². The van der Waals surface area contributed by atoms with Crippen LogP contribution in [-0.2, 0) is 4.74 Å². The molecule has 2 heteroatoms. The number of hydrogen-bond donors (Lipinski definition) is 1. The summed E-state index contributed by atoms with van der Waals surface area (Å²) >= 11 is 0. The Bertz CT molecular complexity index is 172. The molecule has 0 aromatic heterocycles. The molecule has 0 aromatic carbocycles. The minimum absolute atomic E-state index is 0.533. The summed E-state index contributed by atoms with van der Waals surface area (Å²) in [6.45, 7) is 10.9. The van der Waals surface area contributed by atoms with Crippen LogP contribution in [0.3, 0.4) is 0 Å². The van der Waals surface area contributed by atoms with Crippen LogP contribution in [0.2, 0.25) is 0 Å². The van der Waals surface area contributed by atoms with E-state index < -0.39 is 0 Å². The largest absolute Gasteiger partial charge is 0.384 e. The molecule has 0 bridgehead atoms. The lowest BCUT2D eigenvalue weighted by atomic mass is 9.85. The molecule has 2 nitrogen and oxygen atoms in total. The Morgan fingerprint density at radius 3 is 1.94 bits per heavy atom. The summed E-state index contributed by atoms with van der Waals surface area (Å²) in [6.07, 6.45) is 5.19. The van der Waals surface area contributed by atoms with Crippen LogP contribution in [-0.4, -0.2) is 20.3 Å². The van der Waals surface area contributed by atoms with Gasteiger partial charge in [-0.3, -0.25) is 0 Å². The summed E-state index contributed by atoms with van der Waals surface area (Å²) in [6, 6.07) is 0. The minimum atomic E-state index is 0.533. The zero-order valence-electron chi connectivity index (χ0n) is 12.5. The van der Waals surface area contributed by atoms with Crippen molar-refractivity contribution in [2.24, 2.45) is 29.4 Å². The normalized spacial score (nSPS) is 18.7. The van der Waals surface area contributed by atoms with Gasteiger partial charge in [-0.05, 0) is 49.5 Å². The van der Waals surface area contributed by atoms with Crippen LogP contribution in [0.4, 0.5) is 0 Å². The average molecular weight is 243 g/mol. The molecule has 0 amide bonds. The van der Waals surface area contributed by atoms with Gasteiger partial charge in [0, 0.05) is 7.11 Å². The Kier molecular flexibility index (Phi) is 9.85. The van der Waals surface area contributed by atoms with E-state index in [2.05, 4.69) is 27.7 Å². The SMILES string of the molecule is CC[C@H](C)C[C@@H](C)C[C@@H](C)CC(CN)COC. The Hall–Kier alpha value is -0.0800. The van der Waals surface area contributed by atoms with Gasteiger partial charge in [-0.1, -0.05) is 34.1 Å². The van der Waals surface area contributed by atoms with E-state index in [1.165, 1.54) is 25.7 Å². The fourth-order valence-corrected chi connectivity index (χ4v) is 2.77. The predicted molar refractivity (Wildman–Crippen MR) is 76.1 cm³/mol. The van der Waals surface area contributed by atoms with Crippen molar-refractivity contribution in [3.8, 4) is 0 Å². The minimum Gasteiger partial charge on any atom is -0.384 e. The smallest absolute Gasteiger partial charge is 0.0502 e. The van der Waals surface area contributed by atoms with Crippen molar-refractivity contribution in [3.63, 3.8) is 0 Å². The van der Waals surface area contributed by atoms with Gasteiger partial charge < -0.3 is 10.5 Å². The van der Waals surface area contributed by atoms with Gasteiger partial charge in [-0.15, -0.1) is 0 Å². The average Bonchev–Trinajstić information content (AvgIpc) is 2.27. The first kappa shape index (κ1) is 16.9. The fraction of sp³-hybridized carbons (Fsp3) is 1.00. The Morgan fingerprint density at radius 1 is 0.941 bits per heavy atom.